The van der Waals surface area contributed by atoms with Gasteiger partial charge in [-0.15, -0.1) is 0 Å². The van der Waals surface area contributed by atoms with Gasteiger partial charge in [-0.1, -0.05) is 12.1 Å². The second-order valence-corrected chi connectivity index (χ2v) is 3.40. The topological polar surface area (TPSA) is 39.1 Å². The molecular weight excluding hydrogens is 202 g/mol. The highest BCUT2D eigenvalue weighted by atomic mass is 16.5. The van der Waals surface area contributed by atoms with Gasteiger partial charge >= 0.3 is 0 Å². The first-order valence-electron chi connectivity index (χ1n) is 5.24. The Morgan fingerprint density at radius 3 is 2.94 bits per heavy atom. The summed E-state index contributed by atoms with van der Waals surface area (Å²) in [5.74, 6) is 0.864. The van der Waals surface area contributed by atoms with E-state index < -0.39 is 0 Å². The van der Waals surface area contributed by atoms with Crippen molar-refractivity contribution in [1.82, 2.24) is 9.78 Å². The van der Waals surface area contributed by atoms with Crippen LogP contribution in [0.15, 0.2) is 42.7 Å². The number of rotatable bonds is 5. The normalized spacial score (nSPS) is 10.1. The Labute approximate surface area is 94.9 Å². The number of hydrogen-bond acceptors (Lipinski definition) is 3. The number of methoxy groups -OCH3 is 1. The Morgan fingerprint density at radius 1 is 1.31 bits per heavy atom. The zero-order valence-electron chi connectivity index (χ0n) is 9.26. The summed E-state index contributed by atoms with van der Waals surface area (Å²) in [6.45, 7) is 1.66. The number of ether oxygens (including phenoxy) is 1. The number of hydrogen-bond donors (Lipinski definition) is 1. The number of aromatic nitrogens is 2. The summed E-state index contributed by atoms with van der Waals surface area (Å²) in [7, 11) is 1.67. The molecule has 0 saturated heterocycles. The van der Waals surface area contributed by atoms with Crippen molar-refractivity contribution in [2.24, 2.45) is 0 Å². The molecule has 4 heteroatoms. The second kappa shape index (κ2) is 5.21. The van der Waals surface area contributed by atoms with E-state index in [1.54, 1.807) is 13.3 Å². The maximum absolute atomic E-state index is 5.25. The van der Waals surface area contributed by atoms with Gasteiger partial charge in [0.05, 0.1) is 19.3 Å². The van der Waals surface area contributed by atoms with Crippen LogP contribution in [0.2, 0.25) is 0 Å². The summed E-state index contributed by atoms with van der Waals surface area (Å²) in [4.78, 5) is 0. The smallest absolute Gasteiger partial charge is 0.141 e. The van der Waals surface area contributed by atoms with E-state index in [1.165, 1.54) is 0 Å². The van der Waals surface area contributed by atoms with Crippen LogP contribution in [0.5, 0.6) is 5.75 Å². The van der Waals surface area contributed by atoms with Gasteiger partial charge < -0.3 is 10.1 Å². The molecule has 1 heterocycles. The van der Waals surface area contributed by atoms with Crippen LogP contribution in [0.25, 0.3) is 0 Å². The number of benzene rings is 1. The summed E-state index contributed by atoms with van der Waals surface area (Å²) in [5.41, 5.74) is 1.01. The molecule has 0 amide bonds. The molecule has 1 aromatic heterocycles. The number of nitrogens with zero attached hydrogens (tertiary/aromatic N) is 2. The highest BCUT2D eigenvalue weighted by Crippen LogP contribution is 2.22. The maximum Gasteiger partial charge on any atom is 0.141 e. The minimum absolute atomic E-state index is 0.821. The van der Waals surface area contributed by atoms with Gasteiger partial charge in [-0.25, -0.2) is 0 Å². The van der Waals surface area contributed by atoms with E-state index in [0.29, 0.717) is 0 Å². The molecule has 0 bridgehead atoms. The fourth-order valence-electron chi connectivity index (χ4n) is 1.53. The van der Waals surface area contributed by atoms with Crippen LogP contribution >= 0.6 is 0 Å². The zero-order valence-corrected chi connectivity index (χ0v) is 9.26. The summed E-state index contributed by atoms with van der Waals surface area (Å²) >= 11 is 0. The molecule has 1 N–H and O–H groups in total. The average molecular weight is 217 g/mol. The summed E-state index contributed by atoms with van der Waals surface area (Å²) in [6, 6.07) is 9.80. The zero-order chi connectivity index (χ0) is 11.2. The van der Waals surface area contributed by atoms with E-state index >= 15 is 0 Å². The molecule has 0 unspecified atom stereocenters. The first-order chi connectivity index (χ1) is 7.90. The fourth-order valence-corrected chi connectivity index (χ4v) is 1.53. The van der Waals surface area contributed by atoms with Crippen molar-refractivity contribution in [2.75, 3.05) is 19.0 Å². The van der Waals surface area contributed by atoms with Gasteiger partial charge in [-0.3, -0.25) is 4.68 Å². The van der Waals surface area contributed by atoms with Crippen molar-refractivity contribution in [1.29, 1.82) is 0 Å². The molecular formula is C12H15N3O. The van der Waals surface area contributed by atoms with Crippen LogP contribution in [-0.4, -0.2) is 23.4 Å². The van der Waals surface area contributed by atoms with Gasteiger partial charge in [-0.05, 0) is 18.2 Å². The molecule has 1 aromatic carbocycles. The molecule has 2 rings (SSSR count). The predicted octanol–water partition coefficient (Wildman–Crippen LogP) is 2.00. The van der Waals surface area contributed by atoms with Gasteiger partial charge in [0.2, 0.25) is 0 Å². The van der Waals surface area contributed by atoms with Crippen molar-refractivity contribution in [3.8, 4) is 5.75 Å². The Bertz CT molecular complexity index is 426. The van der Waals surface area contributed by atoms with E-state index in [4.69, 9.17) is 4.74 Å². The Hall–Kier alpha value is -1.97. The lowest BCUT2D eigenvalue weighted by Crippen LogP contribution is -2.11. The van der Waals surface area contributed by atoms with Crippen LogP contribution in [0.4, 0.5) is 5.69 Å². The van der Waals surface area contributed by atoms with Crippen LogP contribution in [0.3, 0.4) is 0 Å². The molecule has 0 saturated carbocycles. The van der Waals surface area contributed by atoms with E-state index in [1.807, 2.05) is 41.2 Å². The Balaban J connectivity index is 1.89. The second-order valence-electron chi connectivity index (χ2n) is 3.40. The lowest BCUT2D eigenvalue weighted by molar-refractivity contribution is 0.416. The van der Waals surface area contributed by atoms with Gasteiger partial charge in [0.25, 0.3) is 0 Å². The van der Waals surface area contributed by atoms with Gasteiger partial charge in [0.1, 0.15) is 5.75 Å². The molecule has 0 aliphatic carbocycles. The number of nitrogens with one attached hydrogen (secondary N) is 1. The monoisotopic (exact) mass is 217 g/mol. The minimum atomic E-state index is 0.821. The van der Waals surface area contributed by atoms with E-state index in [-0.39, 0.29) is 0 Å². The molecule has 0 aliphatic heterocycles. The molecule has 0 aliphatic rings. The summed E-state index contributed by atoms with van der Waals surface area (Å²) in [6.07, 6.45) is 3.73. The lowest BCUT2D eigenvalue weighted by atomic mass is 10.3. The van der Waals surface area contributed by atoms with Crippen molar-refractivity contribution in [2.45, 2.75) is 6.54 Å². The Kier molecular flexibility index (Phi) is 3.43. The molecule has 0 atom stereocenters. The standard InChI is InChI=1S/C12H15N3O/c1-16-12-6-3-2-5-11(12)13-8-10-15-9-4-7-14-15/h2-7,9,13H,8,10H2,1H3. The number of anilines is 1. The molecule has 4 nitrogen and oxygen atoms in total. The minimum Gasteiger partial charge on any atom is -0.495 e. The highest BCUT2D eigenvalue weighted by Gasteiger charge is 1.99. The van der Waals surface area contributed by atoms with E-state index in [2.05, 4.69) is 10.4 Å². The van der Waals surface area contributed by atoms with Gasteiger partial charge in [-0.2, -0.15) is 5.10 Å². The SMILES string of the molecule is COc1ccccc1NCCn1cccn1. The van der Waals surface area contributed by atoms with E-state index in [0.717, 1.165) is 24.5 Å². The summed E-state index contributed by atoms with van der Waals surface area (Å²) < 4.78 is 7.14. The highest BCUT2D eigenvalue weighted by molar-refractivity contribution is 5.55. The molecule has 0 fully saturated rings. The predicted molar refractivity (Wildman–Crippen MR) is 63.7 cm³/mol. The average Bonchev–Trinajstić information content (AvgIpc) is 2.83. The third-order valence-electron chi connectivity index (χ3n) is 2.32. The lowest BCUT2D eigenvalue weighted by Gasteiger charge is -2.10. The first-order valence-corrected chi connectivity index (χ1v) is 5.24. The van der Waals surface area contributed by atoms with Crippen molar-refractivity contribution in [3.63, 3.8) is 0 Å². The molecule has 84 valence electrons. The Morgan fingerprint density at radius 2 is 2.19 bits per heavy atom. The van der Waals surface area contributed by atoms with Crippen molar-refractivity contribution < 1.29 is 4.74 Å². The number of para-hydroxylation sites is 2. The van der Waals surface area contributed by atoms with Crippen molar-refractivity contribution >= 4 is 5.69 Å². The van der Waals surface area contributed by atoms with Gasteiger partial charge in [0.15, 0.2) is 0 Å². The van der Waals surface area contributed by atoms with Gasteiger partial charge in [0, 0.05) is 18.9 Å². The van der Waals surface area contributed by atoms with E-state index in [9.17, 15) is 0 Å². The van der Waals surface area contributed by atoms with Crippen LogP contribution in [0.1, 0.15) is 0 Å². The molecule has 0 spiro atoms. The molecule has 0 radical (unpaired) electrons. The quantitative estimate of drug-likeness (QED) is 0.832. The largest absolute Gasteiger partial charge is 0.495 e. The third kappa shape index (κ3) is 2.53. The van der Waals surface area contributed by atoms with Crippen LogP contribution in [0, 0.1) is 0 Å². The molecule has 16 heavy (non-hydrogen) atoms. The molecule has 2 aromatic rings. The fraction of sp³-hybridized carbons (Fsp3) is 0.250. The third-order valence-corrected chi connectivity index (χ3v) is 2.32. The van der Waals surface area contributed by atoms with Crippen LogP contribution < -0.4 is 10.1 Å². The van der Waals surface area contributed by atoms with Crippen molar-refractivity contribution in [3.05, 3.63) is 42.7 Å². The maximum atomic E-state index is 5.25. The first kappa shape index (κ1) is 10.5. The summed E-state index contributed by atoms with van der Waals surface area (Å²) in [5, 5.41) is 7.45. The van der Waals surface area contributed by atoms with Crippen LogP contribution in [-0.2, 0) is 6.54 Å².